The van der Waals surface area contributed by atoms with E-state index in [2.05, 4.69) is 23.9 Å². The van der Waals surface area contributed by atoms with Crippen LogP contribution in [0.5, 0.6) is 0 Å². The normalized spacial score (nSPS) is 22.2. The average Bonchev–Trinajstić information content (AvgIpc) is 2.44. The van der Waals surface area contributed by atoms with Crippen LogP contribution >= 0.6 is 0 Å². The van der Waals surface area contributed by atoms with Gasteiger partial charge < -0.3 is 10.6 Å². The highest BCUT2D eigenvalue weighted by atomic mass is 19.1. The lowest BCUT2D eigenvalue weighted by molar-refractivity contribution is 0.0980. The van der Waals surface area contributed by atoms with Crippen LogP contribution in [0.1, 0.15) is 30.0 Å². The fourth-order valence-electron chi connectivity index (χ4n) is 3.13. The molecule has 4 heteroatoms. The number of piperidine rings is 1. The van der Waals surface area contributed by atoms with E-state index in [-0.39, 0.29) is 11.9 Å². The SMILES string of the molecule is Cc1ccc(F)cc1C(CN)N1CCCC(N(C)C)C1. The van der Waals surface area contributed by atoms with E-state index in [1.807, 2.05) is 13.0 Å². The van der Waals surface area contributed by atoms with Crippen LogP contribution in [0, 0.1) is 12.7 Å². The van der Waals surface area contributed by atoms with Crippen LogP contribution in [-0.4, -0.2) is 49.6 Å². The number of hydrogen-bond donors (Lipinski definition) is 1. The summed E-state index contributed by atoms with van der Waals surface area (Å²) in [6.07, 6.45) is 2.40. The summed E-state index contributed by atoms with van der Waals surface area (Å²) >= 11 is 0. The smallest absolute Gasteiger partial charge is 0.123 e. The predicted molar refractivity (Wildman–Crippen MR) is 81.2 cm³/mol. The molecular formula is C16H26FN3. The van der Waals surface area contributed by atoms with Gasteiger partial charge in [-0.2, -0.15) is 0 Å². The van der Waals surface area contributed by atoms with Gasteiger partial charge in [0.1, 0.15) is 5.82 Å². The van der Waals surface area contributed by atoms with Crippen molar-refractivity contribution in [1.29, 1.82) is 0 Å². The van der Waals surface area contributed by atoms with Crippen molar-refractivity contribution in [2.75, 3.05) is 33.7 Å². The molecule has 0 radical (unpaired) electrons. The maximum Gasteiger partial charge on any atom is 0.123 e. The summed E-state index contributed by atoms with van der Waals surface area (Å²) < 4.78 is 13.5. The van der Waals surface area contributed by atoms with E-state index < -0.39 is 0 Å². The van der Waals surface area contributed by atoms with E-state index in [4.69, 9.17) is 5.73 Å². The van der Waals surface area contributed by atoms with Gasteiger partial charge >= 0.3 is 0 Å². The van der Waals surface area contributed by atoms with E-state index in [0.717, 1.165) is 24.2 Å². The molecule has 1 aromatic carbocycles. The zero-order valence-corrected chi connectivity index (χ0v) is 12.8. The summed E-state index contributed by atoms with van der Waals surface area (Å²) in [7, 11) is 4.25. The quantitative estimate of drug-likeness (QED) is 0.917. The second kappa shape index (κ2) is 6.66. The molecule has 112 valence electrons. The van der Waals surface area contributed by atoms with E-state index in [0.29, 0.717) is 12.6 Å². The largest absolute Gasteiger partial charge is 0.329 e. The van der Waals surface area contributed by atoms with Crippen LogP contribution in [0.15, 0.2) is 18.2 Å². The lowest BCUT2D eigenvalue weighted by atomic mass is 9.96. The Morgan fingerprint density at radius 2 is 2.20 bits per heavy atom. The molecule has 2 atom stereocenters. The van der Waals surface area contributed by atoms with Crippen molar-refractivity contribution in [3.63, 3.8) is 0 Å². The molecule has 2 N–H and O–H groups in total. The lowest BCUT2D eigenvalue weighted by Crippen LogP contribution is -2.48. The number of hydrogen-bond acceptors (Lipinski definition) is 3. The monoisotopic (exact) mass is 279 g/mol. The Bertz CT molecular complexity index is 447. The Labute approximate surface area is 121 Å². The topological polar surface area (TPSA) is 32.5 Å². The highest BCUT2D eigenvalue weighted by Crippen LogP contribution is 2.27. The first-order valence-corrected chi connectivity index (χ1v) is 7.39. The van der Waals surface area contributed by atoms with Crippen LogP contribution in [0.4, 0.5) is 4.39 Å². The van der Waals surface area contributed by atoms with Gasteiger partial charge in [-0.15, -0.1) is 0 Å². The summed E-state index contributed by atoms with van der Waals surface area (Å²) in [6.45, 7) is 4.61. The Balaban J connectivity index is 2.21. The third kappa shape index (κ3) is 3.37. The molecule has 0 bridgehead atoms. The molecule has 1 aliphatic rings. The van der Waals surface area contributed by atoms with Gasteiger partial charge in [-0.1, -0.05) is 6.07 Å². The maximum absolute atomic E-state index is 13.5. The van der Waals surface area contributed by atoms with Gasteiger partial charge in [0, 0.05) is 25.2 Å². The van der Waals surface area contributed by atoms with Crippen molar-refractivity contribution in [2.24, 2.45) is 5.73 Å². The Hall–Kier alpha value is -0.970. The van der Waals surface area contributed by atoms with E-state index in [1.165, 1.54) is 18.9 Å². The molecule has 0 amide bonds. The average molecular weight is 279 g/mol. The summed E-state index contributed by atoms with van der Waals surface area (Å²) in [5, 5.41) is 0. The third-order valence-electron chi connectivity index (χ3n) is 4.42. The molecule has 0 aliphatic carbocycles. The van der Waals surface area contributed by atoms with Gasteiger partial charge in [0.05, 0.1) is 0 Å². The summed E-state index contributed by atoms with van der Waals surface area (Å²) in [6, 6.07) is 5.69. The van der Waals surface area contributed by atoms with Crippen molar-refractivity contribution in [3.8, 4) is 0 Å². The second-order valence-electron chi connectivity index (χ2n) is 6.01. The van der Waals surface area contributed by atoms with Gasteiger partial charge in [-0.25, -0.2) is 4.39 Å². The zero-order valence-electron chi connectivity index (χ0n) is 12.8. The molecule has 1 fully saturated rings. The molecule has 2 unspecified atom stereocenters. The first-order chi connectivity index (χ1) is 9.52. The van der Waals surface area contributed by atoms with Crippen LogP contribution in [0.25, 0.3) is 0 Å². The number of likely N-dealkylation sites (N-methyl/N-ethyl adjacent to an activating group) is 1. The summed E-state index contributed by atoms with van der Waals surface area (Å²) in [5.74, 6) is -0.176. The first kappa shape index (κ1) is 15.4. The van der Waals surface area contributed by atoms with Crippen LogP contribution < -0.4 is 5.73 Å². The highest BCUT2D eigenvalue weighted by molar-refractivity contribution is 5.30. The molecular weight excluding hydrogens is 253 g/mol. The zero-order chi connectivity index (χ0) is 14.7. The number of halogens is 1. The molecule has 1 saturated heterocycles. The molecule has 1 aliphatic heterocycles. The fourth-order valence-corrected chi connectivity index (χ4v) is 3.13. The predicted octanol–water partition coefficient (Wildman–Crippen LogP) is 2.16. The van der Waals surface area contributed by atoms with E-state index in [1.54, 1.807) is 6.07 Å². The van der Waals surface area contributed by atoms with Gasteiger partial charge in [0.2, 0.25) is 0 Å². The van der Waals surface area contributed by atoms with E-state index in [9.17, 15) is 4.39 Å². The Morgan fingerprint density at radius 1 is 1.45 bits per heavy atom. The van der Waals surface area contributed by atoms with Gasteiger partial charge in [-0.3, -0.25) is 4.90 Å². The number of benzene rings is 1. The lowest BCUT2D eigenvalue weighted by Gasteiger charge is -2.40. The minimum atomic E-state index is -0.176. The number of nitrogens with two attached hydrogens (primary N) is 1. The Kier molecular flexibility index (Phi) is 5.13. The fraction of sp³-hybridized carbons (Fsp3) is 0.625. The van der Waals surface area contributed by atoms with Gasteiger partial charge in [0.25, 0.3) is 0 Å². The van der Waals surface area contributed by atoms with Crippen molar-refractivity contribution in [1.82, 2.24) is 9.80 Å². The molecule has 0 aromatic heterocycles. The van der Waals surface area contributed by atoms with E-state index >= 15 is 0 Å². The molecule has 20 heavy (non-hydrogen) atoms. The molecule has 3 nitrogen and oxygen atoms in total. The van der Waals surface area contributed by atoms with Crippen molar-refractivity contribution in [3.05, 3.63) is 35.1 Å². The highest BCUT2D eigenvalue weighted by Gasteiger charge is 2.28. The minimum Gasteiger partial charge on any atom is -0.329 e. The summed E-state index contributed by atoms with van der Waals surface area (Å²) in [5.41, 5.74) is 8.15. The molecule has 1 heterocycles. The van der Waals surface area contributed by atoms with Crippen molar-refractivity contribution >= 4 is 0 Å². The minimum absolute atomic E-state index is 0.119. The number of aryl methyl sites for hydroxylation is 1. The van der Waals surface area contributed by atoms with Gasteiger partial charge in [0.15, 0.2) is 0 Å². The molecule has 1 aromatic rings. The standard InChI is InChI=1S/C16H26FN3/c1-12-6-7-13(17)9-15(12)16(10-18)20-8-4-5-14(11-20)19(2)3/h6-7,9,14,16H,4-5,8,10-11,18H2,1-3H3. The molecule has 2 rings (SSSR count). The van der Waals surface area contributed by atoms with Crippen molar-refractivity contribution in [2.45, 2.75) is 31.8 Å². The van der Waals surface area contributed by atoms with Crippen molar-refractivity contribution < 1.29 is 4.39 Å². The molecule has 0 spiro atoms. The summed E-state index contributed by atoms with van der Waals surface area (Å²) in [4.78, 5) is 4.69. The van der Waals surface area contributed by atoms with Crippen LogP contribution in [0.2, 0.25) is 0 Å². The molecule has 0 saturated carbocycles. The first-order valence-electron chi connectivity index (χ1n) is 7.39. The maximum atomic E-state index is 13.5. The number of nitrogens with zero attached hydrogens (tertiary/aromatic N) is 2. The van der Waals surface area contributed by atoms with Crippen LogP contribution in [-0.2, 0) is 0 Å². The van der Waals surface area contributed by atoms with Crippen LogP contribution in [0.3, 0.4) is 0 Å². The second-order valence-corrected chi connectivity index (χ2v) is 6.01. The number of likely N-dealkylation sites (tertiary alicyclic amines) is 1. The Morgan fingerprint density at radius 3 is 2.85 bits per heavy atom. The third-order valence-corrected chi connectivity index (χ3v) is 4.42. The van der Waals surface area contributed by atoms with Gasteiger partial charge in [-0.05, 0) is 63.7 Å². The number of rotatable bonds is 4.